The molecular weight excluding hydrogens is 272 g/mol. The van der Waals surface area contributed by atoms with Crippen molar-refractivity contribution >= 4 is 24.0 Å². The molecule has 2 N–H and O–H groups in total. The molecule has 0 radical (unpaired) electrons. The van der Waals surface area contributed by atoms with Gasteiger partial charge in [-0.05, 0) is 35.4 Å². The van der Waals surface area contributed by atoms with Gasteiger partial charge in [0, 0.05) is 12.2 Å². The van der Waals surface area contributed by atoms with Crippen molar-refractivity contribution < 1.29 is 4.79 Å². The highest BCUT2D eigenvalue weighted by molar-refractivity contribution is 5.98. The number of rotatable bonds is 2. The van der Waals surface area contributed by atoms with Gasteiger partial charge in [0.05, 0.1) is 6.04 Å². The van der Waals surface area contributed by atoms with Crippen LogP contribution >= 0.6 is 12.4 Å². The molecule has 1 unspecified atom stereocenters. The molecule has 1 aliphatic rings. The first kappa shape index (κ1) is 17.0. The van der Waals surface area contributed by atoms with E-state index in [-0.39, 0.29) is 29.8 Å². The number of benzene rings is 1. The first-order valence-electron chi connectivity index (χ1n) is 7.05. The van der Waals surface area contributed by atoms with Crippen molar-refractivity contribution in [1.82, 2.24) is 0 Å². The van der Waals surface area contributed by atoms with Gasteiger partial charge >= 0.3 is 0 Å². The molecule has 112 valence electrons. The fourth-order valence-electron chi connectivity index (χ4n) is 2.47. The molecule has 0 fully saturated rings. The summed E-state index contributed by atoms with van der Waals surface area (Å²) in [7, 11) is 0. The smallest absolute Gasteiger partial charge is 0.243 e. The van der Waals surface area contributed by atoms with Crippen LogP contribution in [-0.2, 0) is 16.6 Å². The molecule has 1 aliphatic heterocycles. The molecule has 4 heteroatoms. The van der Waals surface area contributed by atoms with E-state index in [1.54, 1.807) is 0 Å². The summed E-state index contributed by atoms with van der Waals surface area (Å²) in [5.74, 6) is 0.0461. The van der Waals surface area contributed by atoms with Crippen LogP contribution in [0.3, 0.4) is 0 Å². The standard InChI is InChI=1S/C16H24N2O.ClH/c1-5-13(17)15(19)18-9-8-11-10-12(16(2,3)4)6-7-14(11)18;/h6-7,10,13H,5,8-9,17H2,1-4H3;1H. The number of amides is 1. The van der Waals surface area contributed by atoms with Crippen molar-refractivity contribution in [2.75, 3.05) is 11.4 Å². The fourth-order valence-corrected chi connectivity index (χ4v) is 2.47. The van der Waals surface area contributed by atoms with E-state index in [0.717, 1.165) is 18.7 Å². The molecule has 0 spiro atoms. The molecule has 0 aliphatic carbocycles. The van der Waals surface area contributed by atoms with Crippen molar-refractivity contribution in [2.45, 2.75) is 52.0 Å². The van der Waals surface area contributed by atoms with Crippen LogP contribution in [0.4, 0.5) is 5.69 Å². The Bertz CT molecular complexity index is 494. The van der Waals surface area contributed by atoms with Gasteiger partial charge in [0.25, 0.3) is 0 Å². The second-order valence-electron chi connectivity index (χ2n) is 6.35. The second kappa shape index (κ2) is 6.15. The molecule has 1 atom stereocenters. The van der Waals surface area contributed by atoms with Crippen LogP contribution in [0.15, 0.2) is 18.2 Å². The molecule has 1 aromatic carbocycles. The first-order valence-corrected chi connectivity index (χ1v) is 7.05. The quantitative estimate of drug-likeness (QED) is 0.912. The molecule has 1 amide bonds. The lowest BCUT2D eigenvalue weighted by molar-refractivity contribution is -0.119. The monoisotopic (exact) mass is 296 g/mol. The number of carbonyl (C=O) groups excluding carboxylic acids is 1. The summed E-state index contributed by atoms with van der Waals surface area (Å²) < 4.78 is 0. The van der Waals surface area contributed by atoms with Gasteiger partial charge in [-0.25, -0.2) is 0 Å². The van der Waals surface area contributed by atoms with Gasteiger partial charge in [0.15, 0.2) is 0 Å². The van der Waals surface area contributed by atoms with E-state index in [1.807, 2.05) is 11.8 Å². The molecule has 0 aromatic heterocycles. The Morgan fingerprint density at radius 1 is 1.40 bits per heavy atom. The summed E-state index contributed by atoms with van der Waals surface area (Å²) in [4.78, 5) is 14.1. The van der Waals surface area contributed by atoms with Crippen LogP contribution in [0.25, 0.3) is 0 Å². The van der Waals surface area contributed by atoms with Crippen molar-refractivity contribution in [3.8, 4) is 0 Å². The van der Waals surface area contributed by atoms with E-state index in [1.165, 1.54) is 11.1 Å². The molecular formula is C16H25ClN2O. The number of nitrogens with zero attached hydrogens (tertiary/aromatic N) is 1. The van der Waals surface area contributed by atoms with Gasteiger partial charge in [0.2, 0.25) is 5.91 Å². The molecule has 0 saturated carbocycles. The maximum atomic E-state index is 12.2. The fraction of sp³-hybridized carbons (Fsp3) is 0.562. The van der Waals surface area contributed by atoms with Crippen LogP contribution in [0.2, 0.25) is 0 Å². The molecule has 1 heterocycles. The normalized spacial score (nSPS) is 15.6. The number of hydrogen-bond acceptors (Lipinski definition) is 2. The van der Waals surface area contributed by atoms with Crippen molar-refractivity contribution in [1.29, 1.82) is 0 Å². The number of anilines is 1. The molecule has 3 nitrogen and oxygen atoms in total. The highest BCUT2D eigenvalue weighted by Crippen LogP contribution is 2.33. The topological polar surface area (TPSA) is 46.3 Å². The Morgan fingerprint density at radius 2 is 2.05 bits per heavy atom. The molecule has 1 aromatic rings. The number of carbonyl (C=O) groups is 1. The Kier molecular flexibility index (Phi) is 5.22. The van der Waals surface area contributed by atoms with Gasteiger partial charge in [-0.15, -0.1) is 12.4 Å². The SMILES string of the molecule is CCC(N)C(=O)N1CCc2cc(C(C)(C)C)ccc21.Cl. The number of hydrogen-bond donors (Lipinski definition) is 1. The molecule has 0 saturated heterocycles. The molecule has 20 heavy (non-hydrogen) atoms. The summed E-state index contributed by atoms with van der Waals surface area (Å²) in [5, 5.41) is 0. The van der Waals surface area contributed by atoms with Crippen LogP contribution < -0.4 is 10.6 Å². The number of fused-ring (bicyclic) bond motifs is 1. The number of nitrogens with two attached hydrogens (primary N) is 1. The highest BCUT2D eigenvalue weighted by Gasteiger charge is 2.28. The van der Waals surface area contributed by atoms with E-state index in [9.17, 15) is 4.79 Å². The minimum absolute atomic E-state index is 0. The minimum atomic E-state index is -0.381. The van der Waals surface area contributed by atoms with Gasteiger partial charge in [-0.1, -0.05) is 39.8 Å². The summed E-state index contributed by atoms with van der Waals surface area (Å²) in [6.07, 6.45) is 1.62. The van der Waals surface area contributed by atoms with Crippen LogP contribution in [-0.4, -0.2) is 18.5 Å². The predicted octanol–water partition coefficient (Wildman–Crippen LogP) is 3.03. The van der Waals surface area contributed by atoms with Gasteiger partial charge < -0.3 is 10.6 Å². The van der Waals surface area contributed by atoms with Crippen molar-refractivity contribution in [3.05, 3.63) is 29.3 Å². The third kappa shape index (κ3) is 3.15. The van der Waals surface area contributed by atoms with E-state index < -0.39 is 0 Å². The Morgan fingerprint density at radius 3 is 2.60 bits per heavy atom. The maximum absolute atomic E-state index is 12.2. The second-order valence-corrected chi connectivity index (χ2v) is 6.35. The summed E-state index contributed by atoms with van der Waals surface area (Å²) in [6.45, 7) is 9.33. The number of halogens is 1. The van der Waals surface area contributed by atoms with Crippen LogP contribution in [0.1, 0.15) is 45.2 Å². The average Bonchev–Trinajstić information content (AvgIpc) is 2.78. The predicted molar refractivity (Wildman–Crippen MR) is 86.7 cm³/mol. The summed E-state index contributed by atoms with van der Waals surface area (Å²) in [6, 6.07) is 6.05. The van der Waals surface area contributed by atoms with Crippen LogP contribution in [0.5, 0.6) is 0 Å². The molecule has 0 bridgehead atoms. The Balaban J connectivity index is 0.00000200. The zero-order chi connectivity index (χ0) is 14.2. The average molecular weight is 297 g/mol. The van der Waals surface area contributed by atoms with E-state index >= 15 is 0 Å². The van der Waals surface area contributed by atoms with Crippen molar-refractivity contribution in [3.63, 3.8) is 0 Å². The van der Waals surface area contributed by atoms with Gasteiger partial charge in [-0.3, -0.25) is 4.79 Å². The van der Waals surface area contributed by atoms with Crippen LogP contribution in [0, 0.1) is 0 Å². The minimum Gasteiger partial charge on any atom is -0.320 e. The summed E-state index contributed by atoms with van der Waals surface area (Å²) >= 11 is 0. The Hall–Kier alpha value is -1.06. The lowest BCUT2D eigenvalue weighted by Crippen LogP contribution is -2.42. The van der Waals surface area contributed by atoms with Gasteiger partial charge in [-0.2, -0.15) is 0 Å². The lowest BCUT2D eigenvalue weighted by Gasteiger charge is -2.23. The third-order valence-electron chi connectivity index (χ3n) is 3.86. The largest absolute Gasteiger partial charge is 0.320 e. The zero-order valence-electron chi connectivity index (χ0n) is 12.8. The van der Waals surface area contributed by atoms with E-state index in [2.05, 4.69) is 39.0 Å². The molecule has 2 rings (SSSR count). The Labute approximate surface area is 127 Å². The maximum Gasteiger partial charge on any atom is 0.243 e. The third-order valence-corrected chi connectivity index (χ3v) is 3.86. The van der Waals surface area contributed by atoms with E-state index in [4.69, 9.17) is 5.73 Å². The zero-order valence-corrected chi connectivity index (χ0v) is 13.6. The van der Waals surface area contributed by atoms with Crippen molar-refractivity contribution in [2.24, 2.45) is 5.73 Å². The summed E-state index contributed by atoms with van der Waals surface area (Å²) in [5.41, 5.74) is 9.64. The highest BCUT2D eigenvalue weighted by atomic mass is 35.5. The van der Waals surface area contributed by atoms with Gasteiger partial charge in [0.1, 0.15) is 0 Å². The first-order chi connectivity index (χ1) is 8.84. The van der Waals surface area contributed by atoms with E-state index in [0.29, 0.717) is 6.42 Å². The lowest BCUT2D eigenvalue weighted by atomic mass is 9.86.